The number of H-pyrrole nitrogens is 1. The predicted octanol–water partition coefficient (Wildman–Crippen LogP) is 1.81. The van der Waals surface area contributed by atoms with Crippen molar-refractivity contribution in [1.29, 1.82) is 0 Å². The molecule has 3 heterocycles. The van der Waals surface area contributed by atoms with Crippen molar-refractivity contribution in [3.63, 3.8) is 0 Å². The number of rotatable bonds is 7. The molecule has 0 radical (unpaired) electrons. The molecule has 5 N–H and O–H groups in total. The third kappa shape index (κ3) is 4.76. The highest BCUT2D eigenvalue weighted by atomic mass is 16.7. The van der Waals surface area contributed by atoms with Crippen molar-refractivity contribution < 1.29 is 24.2 Å². The summed E-state index contributed by atoms with van der Waals surface area (Å²) in [6.07, 6.45) is 2.24. The van der Waals surface area contributed by atoms with Crippen molar-refractivity contribution in [2.75, 3.05) is 25.6 Å². The van der Waals surface area contributed by atoms with E-state index in [2.05, 4.69) is 20.4 Å². The van der Waals surface area contributed by atoms with Crippen molar-refractivity contribution in [3.05, 3.63) is 36.0 Å². The van der Waals surface area contributed by atoms with Crippen LogP contribution < -0.4 is 16.0 Å². The summed E-state index contributed by atoms with van der Waals surface area (Å²) in [7, 11) is 0. The summed E-state index contributed by atoms with van der Waals surface area (Å²) in [5.41, 5.74) is 8.97. The van der Waals surface area contributed by atoms with Gasteiger partial charge in [0.2, 0.25) is 5.88 Å². The van der Waals surface area contributed by atoms with Gasteiger partial charge in [0, 0.05) is 29.1 Å². The van der Waals surface area contributed by atoms with Gasteiger partial charge in [-0.2, -0.15) is 4.98 Å². The number of aromatic amines is 1. The molecule has 1 saturated heterocycles. The molecule has 1 aliphatic rings. The number of fused-ring (bicyclic) bond motifs is 1. The average molecular weight is 427 g/mol. The fraction of sp³-hybridized carbons (Fsp3) is 0.381. The number of nitrogens with one attached hydrogen (secondary N) is 2. The van der Waals surface area contributed by atoms with Gasteiger partial charge in [0.15, 0.2) is 5.82 Å². The summed E-state index contributed by atoms with van der Waals surface area (Å²) >= 11 is 0. The number of aliphatic hydroxyl groups is 1. The first-order valence-electron chi connectivity index (χ1n) is 9.95. The number of nitrogens with two attached hydrogens (primary N) is 1. The quantitative estimate of drug-likeness (QED) is 0.418. The topological polar surface area (TPSA) is 145 Å². The van der Waals surface area contributed by atoms with Crippen LogP contribution in [0.4, 0.5) is 5.82 Å². The molecule has 1 fully saturated rings. The standard InChI is InChI=1S/C21H25N5O5/c1-21(2,28)11-30-26-19(27)16-17(22)24-18(25-20(16)31-12-7-9-29-10-12)14-4-3-5-15-13(14)6-8-23-15/h3-6,8,12,23,28H,7,9-11H2,1-2H3,(H,26,27)(H2,22,24,25). The lowest BCUT2D eigenvalue weighted by molar-refractivity contribution is -0.0523. The van der Waals surface area contributed by atoms with E-state index in [1.807, 2.05) is 30.5 Å². The maximum atomic E-state index is 12.8. The summed E-state index contributed by atoms with van der Waals surface area (Å²) in [6, 6.07) is 7.61. The minimum Gasteiger partial charge on any atom is -0.471 e. The fourth-order valence-corrected chi connectivity index (χ4v) is 3.25. The lowest BCUT2D eigenvalue weighted by atomic mass is 10.1. The number of aromatic nitrogens is 3. The van der Waals surface area contributed by atoms with Crippen molar-refractivity contribution in [2.24, 2.45) is 0 Å². The van der Waals surface area contributed by atoms with E-state index >= 15 is 0 Å². The number of nitrogens with zero attached hydrogens (tertiary/aromatic N) is 2. The van der Waals surface area contributed by atoms with Crippen LogP contribution in [0, 0.1) is 0 Å². The Morgan fingerprint density at radius 3 is 2.97 bits per heavy atom. The molecule has 31 heavy (non-hydrogen) atoms. The smallest absolute Gasteiger partial charge is 0.284 e. The Morgan fingerprint density at radius 1 is 1.39 bits per heavy atom. The Hall–Kier alpha value is -3.21. The molecule has 1 aliphatic heterocycles. The number of benzene rings is 1. The highest BCUT2D eigenvalue weighted by Gasteiger charge is 2.27. The molecule has 1 atom stereocenters. The molecule has 0 saturated carbocycles. The van der Waals surface area contributed by atoms with Crippen LogP contribution in [0.3, 0.4) is 0 Å². The highest BCUT2D eigenvalue weighted by molar-refractivity contribution is 6.01. The second kappa shape index (κ2) is 8.50. The number of hydroxylamine groups is 1. The van der Waals surface area contributed by atoms with Crippen LogP contribution in [-0.4, -0.2) is 57.5 Å². The first-order valence-corrected chi connectivity index (χ1v) is 9.95. The van der Waals surface area contributed by atoms with E-state index in [1.165, 1.54) is 0 Å². The Morgan fingerprint density at radius 2 is 2.23 bits per heavy atom. The zero-order valence-corrected chi connectivity index (χ0v) is 17.3. The van der Waals surface area contributed by atoms with Crippen molar-refractivity contribution >= 4 is 22.6 Å². The average Bonchev–Trinajstić information content (AvgIpc) is 3.37. The van der Waals surface area contributed by atoms with Crippen LogP contribution in [0.25, 0.3) is 22.3 Å². The van der Waals surface area contributed by atoms with E-state index in [0.717, 1.165) is 16.5 Å². The van der Waals surface area contributed by atoms with Crippen LogP contribution >= 0.6 is 0 Å². The van der Waals surface area contributed by atoms with Crippen LogP contribution in [-0.2, 0) is 9.57 Å². The first-order chi connectivity index (χ1) is 14.8. The molecule has 0 spiro atoms. The maximum Gasteiger partial charge on any atom is 0.284 e. The monoisotopic (exact) mass is 427 g/mol. The molecule has 0 aliphatic carbocycles. The number of carbonyl (C=O) groups excluding carboxylic acids is 1. The molecular weight excluding hydrogens is 402 g/mol. The maximum absolute atomic E-state index is 12.8. The van der Waals surface area contributed by atoms with Crippen molar-refractivity contribution in [3.8, 4) is 17.3 Å². The molecule has 1 aromatic carbocycles. The third-order valence-corrected chi connectivity index (χ3v) is 4.72. The van der Waals surface area contributed by atoms with Crippen molar-refractivity contribution in [2.45, 2.75) is 32.0 Å². The number of nitrogen functional groups attached to an aromatic ring is 1. The molecule has 0 bridgehead atoms. The lowest BCUT2D eigenvalue weighted by Crippen LogP contribution is -2.34. The van der Waals surface area contributed by atoms with Gasteiger partial charge < -0.3 is 25.3 Å². The minimum absolute atomic E-state index is 0.0346. The van der Waals surface area contributed by atoms with E-state index in [-0.39, 0.29) is 30.0 Å². The first kappa shape index (κ1) is 21.0. The Balaban J connectivity index is 1.70. The van der Waals surface area contributed by atoms with E-state index in [9.17, 15) is 9.90 Å². The van der Waals surface area contributed by atoms with Gasteiger partial charge in [0.05, 0.1) is 18.8 Å². The van der Waals surface area contributed by atoms with Gasteiger partial charge in [-0.05, 0) is 26.0 Å². The number of anilines is 1. The summed E-state index contributed by atoms with van der Waals surface area (Å²) in [5, 5.41) is 10.7. The number of ether oxygens (including phenoxy) is 2. The molecule has 164 valence electrons. The van der Waals surface area contributed by atoms with Crippen LogP contribution in [0.15, 0.2) is 30.5 Å². The second-order valence-electron chi connectivity index (χ2n) is 7.99. The largest absolute Gasteiger partial charge is 0.471 e. The Kier molecular flexibility index (Phi) is 5.77. The molecule has 4 rings (SSSR count). The lowest BCUT2D eigenvalue weighted by Gasteiger charge is -2.19. The van der Waals surface area contributed by atoms with E-state index in [1.54, 1.807) is 13.8 Å². The molecular formula is C21H25N5O5. The Bertz CT molecular complexity index is 1090. The highest BCUT2D eigenvalue weighted by Crippen LogP contribution is 2.31. The molecule has 10 heteroatoms. The predicted molar refractivity (Wildman–Crippen MR) is 113 cm³/mol. The number of carbonyl (C=O) groups is 1. The number of amides is 1. The number of hydrogen-bond acceptors (Lipinski definition) is 8. The van der Waals surface area contributed by atoms with E-state index in [4.69, 9.17) is 20.0 Å². The zero-order chi connectivity index (χ0) is 22.0. The van der Waals surface area contributed by atoms with E-state index < -0.39 is 11.5 Å². The van der Waals surface area contributed by atoms with Gasteiger partial charge in [-0.15, -0.1) is 0 Å². The molecule has 1 amide bonds. The van der Waals surface area contributed by atoms with Crippen LogP contribution in [0.5, 0.6) is 5.88 Å². The SMILES string of the molecule is CC(C)(O)CONC(=O)c1c(N)nc(-c2cccc3[nH]ccc23)nc1OC1CCOC1. The normalized spacial score (nSPS) is 16.5. The van der Waals surface area contributed by atoms with Gasteiger partial charge in [0.25, 0.3) is 5.91 Å². The molecule has 2 aromatic heterocycles. The van der Waals surface area contributed by atoms with Gasteiger partial charge in [-0.3, -0.25) is 9.63 Å². The van der Waals surface area contributed by atoms with Crippen LogP contribution in [0.2, 0.25) is 0 Å². The fourth-order valence-electron chi connectivity index (χ4n) is 3.25. The van der Waals surface area contributed by atoms with Gasteiger partial charge in [0.1, 0.15) is 24.1 Å². The third-order valence-electron chi connectivity index (χ3n) is 4.72. The van der Waals surface area contributed by atoms with Gasteiger partial charge >= 0.3 is 0 Å². The van der Waals surface area contributed by atoms with Crippen LogP contribution in [0.1, 0.15) is 30.6 Å². The zero-order valence-electron chi connectivity index (χ0n) is 17.3. The van der Waals surface area contributed by atoms with Gasteiger partial charge in [-0.25, -0.2) is 10.5 Å². The number of hydrogen-bond donors (Lipinski definition) is 4. The summed E-state index contributed by atoms with van der Waals surface area (Å²) in [4.78, 5) is 29.9. The summed E-state index contributed by atoms with van der Waals surface area (Å²) in [6.45, 7) is 3.96. The summed E-state index contributed by atoms with van der Waals surface area (Å²) in [5.74, 6) is -0.321. The van der Waals surface area contributed by atoms with E-state index in [0.29, 0.717) is 25.5 Å². The molecule has 3 aromatic rings. The molecule has 1 unspecified atom stereocenters. The molecule has 10 nitrogen and oxygen atoms in total. The van der Waals surface area contributed by atoms with Crippen molar-refractivity contribution in [1.82, 2.24) is 20.4 Å². The minimum atomic E-state index is -1.12. The second-order valence-corrected chi connectivity index (χ2v) is 7.99. The Labute approximate surface area is 178 Å². The summed E-state index contributed by atoms with van der Waals surface area (Å²) < 4.78 is 11.3. The van der Waals surface area contributed by atoms with Gasteiger partial charge in [-0.1, -0.05) is 12.1 Å².